The highest BCUT2D eigenvalue weighted by Gasteiger charge is 2.25. The summed E-state index contributed by atoms with van der Waals surface area (Å²) in [5.41, 5.74) is 5.36. The number of phosphoric ester groups is 1. The minimum Gasteiger partial charge on any atom is -0.457 e. The van der Waals surface area contributed by atoms with Crippen LogP contribution in [0.3, 0.4) is 0 Å². The Hall–Kier alpha value is -1.02. The van der Waals surface area contributed by atoms with Gasteiger partial charge in [-0.25, -0.2) is 4.57 Å². The summed E-state index contributed by atoms with van der Waals surface area (Å²) >= 11 is 0. The Bertz CT molecular complexity index is 838. The van der Waals surface area contributed by atoms with E-state index in [0.717, 1.165) is 57.8 Å². The van der Waals surface area contributed by atoms with Crippen molar-refractivity contribution >= 4 is 13.8 Å². The Morgan fingerprint density at radius 1 is 0.588 bits per heavy atom. The molecule has 0 amide bonds. The van der Waals surface area contributed by atoms with E-state index in [-0.39, 0.29) is 32.3 Å². The number of allylic oxidation sites excluding steroid dienone is 4. The zero-order valence-electron chi connectivity index (χ0n) is 33.3. The molecule has 0 aromatic heterocycles. The average molecular weight is 744 g/mol. The highest BCUT2D eigenvalue weighted by atomic mass is 31.2. The summed E-state index contributed by atoms with van der Waals surface area (Å²) in [6.07, 6.45) is 43.3. The van der Waals surface area contributed by atoms with Gasteiger partial charge < -0.3 is 20.1 Å². The molecule has 0 rings (SSSR count). The van der Waals surface area contributed by atoms with E-state index in [0.29, 0.717) is 13.0 Å². The molecule has 0 heterocycles. The van der Waals surface area contributed by atoms with E-state index in [9.17, 15) is 14.3 Å². The fraction of sp³-hybridized carbons (Fsp3) is 0.881. The molecular formula is C42H82NO7P. The topological polar surface area (TPSA) is 117 Å². The maximum absolute atomic E-state index is 12.6. The van der Waals surface area contributed by atoms with Gasteiger partial charge in [-0.1, -0.05) is 173 Å². The van der Waals surface area contributed by atoms with Gasteiger partial charge in [0.2, 0.25) is 0 Å². The lowest BCUT2D eigenvalue weighted by molar-refractivity contribution is -0.154. The lowest BCUT2D eigenvalue weighted by atomic mass is 10.0. The predicted molar refractivity (Wildman–Crippen MR) is 215 cm³/mol. The van der Waals surface area contributed by atoms with Crippen molar-refractivity contribution in [3.05, 3.63) is 24.3 Å². The van der Waals surface area contributed by atoms with Gasteiger partial charge in [-0.15, -0.1) is 0 Å². The van der Waals surface area contributed by atoms with Crippen LogP contribution in [0.4, 0.5) is 0 Å². The summed E-state index contributed by atoms with van der Waals surface area (Å²) in [7, 11) is -4.27. The normalized spacial score (nSPS) is 13.7. The van der Waals surface area contributed by atoms with Crippen molar-refractivity contribution in [2.24, 2.45) is 5.73 Å². The lowest BCUT2D eigenvalue weighted by Gasteiger charge is -2.20. The van der Waals surface area contributed by atoms with Crippen molar-refractivity contribution in [2.75, 3.05) is 33.0 Å². The molecule has 0 fully saturated rings. The van der Waals surface area contributed by atoms with Crippen molar-refractivity contribution in [1.29, 1.82) is 0 Å². The number of esters is 1. The van der Waals surface area contributed by atoms with Gasteiger partial charge in [0.15, 0.2) is 0 Å². The second-order valence-corrected chi connectivity index (χ2v) is 15.7. The molecule has 302 valence electrons. The maximum atomic E-state index is 12.6. The molecule has 0 aliphatic heterocycles. The van der Waals surface area contributed by atoms with Crippen LogP contribution in [0, 0.1) is 0 Å². The van der Waals surface area contributed by atoms with Crippen LogP contribution in [0.1, 0.15) is 200 Å². The molecule has 0 aliphatic rings. The van der Waals surface area contributed by atoms with E-state index in [2.05, 4.69) is 38.2 Å². The summed E-state index contributed by atoms with van der Waals surface area (Å²) in [5, 5.41) is 0. The first kappa shape index (κ1) is 50.0. The number of ether oxygens (including phenoxy) is 2. The Morgan fingerprint density at radius 3 is 1.55 bits per heavy atom. The van der Waals surface area contributed by atoms with E-state index >= 15 is 0 Å². The van der Waals surface area contributed by atoms with Gasteiger partial charge in [0.25, 0.3) is 0 Å². The predicted octanol–water partition coefficient (Wildman–Crippen LogP) is 12.5. The molecule has 0 radical (unpaired) electrons. The summed E-state index contributed by atoms with van der Waals surface area (Å²) < 4.78 is 33.4. The first-order chi connectivity index (χ1) is 24.9. The fourth-order valence-corrected chi connectivity index (χ4v) is 6.73. The van der Waals surface area contributed by atoms with Gasteiger partial charge in [0, 0.05) is 19.6 Å². The number of phosphoric acid groups is 1. The van der Waals surface area contributed by atoms with Gasteiger partial charge in [-0.3, -0.25) is 13.8 Å². The van der Waals surface area contributed by atoms with E-state index in [4.69, 9.17) is 24.3 Å². The van der Waals surface area contributed by atoms with Crippen molar-refractivity contribution in [1.82, 2.24) is 0 Å². The van der Waals surface area contributed by atoms with Gasteiger partial charge in [-0.2, -0.15) is 0 Å². The van der Waals surface area contributed by atoms with Crippen LogP contribution in [0.25, 0.3) is 0 Å². The highest BCUT2D eigenvalue weighted by molar-refractivity contribution is 7.47. The molecule has 0 aromatic carbocycles. The van der Waals surface area contributed by atoms with Gasteiger partial charge in [0.05, 0.1) is 19.8 Å². The number of unbranched alkanes of at least 4 members (excludes halogenated alkanes) is 24. The first-order valence-corrected chi connectivity index (χ1v) is 22.8. The molecule has 2 unspecified atom stereocenters. The van der Waals surface area contributed by atoms with Crippen molar-refractivity contribution in [2.45, 2.75) is 206 Å². The highest BCUT2D eigenvalue weighted by Crippen LogP contribution is 2.43. The Kier molecular flexibility index (Phi) is 39.4. The largest absolute Gasteiger partial charge is 0.472 e. The van der Waals surface area contributed by atoms with Crippen molar-refractivity contribution in [3.63, 3.8) is 0 Å². The molecule has 8 nitrogen and oxygen atoms in total. The molecule has 0 aliphatic carbocycles. The van der Waals surface area contributed by atoms with Crippen LogP contribution in [0.15, 0.2) is 24.3 Å². The van der Waals surface area contributed by atoms with Crippen LogP contribution in [-0.4, -0.2) is 49.9 Å². The number of nitrogens with two attached hydrogens (primary N) is 1. The third kappa shape index (κ3) is 40.0. The van der Waals surface area contributed by atoms with Crippen LogP contribution in [0.2, 0.25) is 0 Å². The zero-order chi connectivity index (χ0) is 37.4. The van der Waals surface area contributed by atoms with E-state index < -0.39 is 13.9 Å². The fourth-order valence-electron chi connectivity index (χ4n) is 5.97. The quantitative estimate of drug-likeness (QED) is 0.0275. The summed E-state index contributed by atoms with van der Waals surface area (Å²) in [6.45, 7) is 4.92. The molecule has 3 N–H and O–H groups in total. The third-order valence-electron chi connectivity index (χ3n) is 9.12. The SMILES string of the molecule is CCCCCC/C=C\C/C=C\CCCCCCCC(=O)OC(COCCCCCCCCCCCCCCCCCC)COP(=O)(O)OCCN. The minimum atomic E-state index is -4.27. The summed E-state index contributed by atoms with van der Waals surface area (Å²) in [6, 6.07) is 0. The average Bonchev–Trinajstić information content (AvgIpc) is 3.12. The second-order valence-electron chi connectivity index (χ2n) is 14.2. The number of carbonyl (C=O) groups is 1. The molecule has 9 heteroatoms. The van der Waals surface area contributed by atoms with Gasteiger partial charge in [0.1, 0.15) is 6.10 Å². The first-order valence-electron chi connectivity index (χ1n) is 21.3. The second kappa shape index (κ2) is 40.2. The molecular weight excluding hydrogens is 661 g/mol. The molecule has 51 heavy (non-hydrogen) atoms. The molecule has 2 atom stereocenters. The van der Waals surface area contributed by atoms with Gasteiger partial charge >= 0.3 is 13.8 Å². The Labute approximate surface area is 315 Å². The standard InChI is InChI=1S/C42H82NO7P/c1-3-5-7-9-11-13-15-17-19-21-23-25-27-29-31-33-35-42(44)50-41(40-49-51(45,46)48-38-36-43)39-47-37-34-32-30-28-26-24-22-20-18-16-14-12-10-8-6-4-2/h13,15,19,21,41H,3-12,14,16-18,20,22-40,43H2,1-2H3,(H,45,46)/b15-13-,21-19-. The summed E-state index contributed by atoms with van der Waals surface area (Å²) in [4.78, 5) is 22.4. The summed E-state index contributed by atoms with van der Waals surface area (Å²) in [5.74, 6) is -0.341. The van der Waals surface area contributed by atoms with E-state index in [1.807, 2.05) is 0 Å². The number of hydrogen-bond acceptors (Lipinski definition) is 7. The number of hydrogen-bond donors (Lipinski definition) is 2. The molecule has 0 aromatic rings. The molecule has 0 bridgehead atoms. The van der Waals surface area contributed by atoms with Crippen LogP contribution in [0.5, 0.6) is 0 Å². The lowest BCUT2D eigenvalue weighted by Crippen LogP contribution is -2.28. The van der Waals surface area contributed by atoms with Crippen molar-refractivity contribution in [3.8, 4) is 0 Å². The number of carbonyl (C=O) groups excluding carboxylic acids is 1. The zero-order valence-corrected chi connectivity index (χ0v) is 34.2. The van der Waals surface area contributed by atoms with Crippen LogP contribution in [-0.2, 0) is 27.9 Å². The van der Waals surface area contributed by atoms with Crippen LogP contribution < -0.4 is 5.73 Å². The molecule has 0 spiro atoms. The number of rotatable bonds is 41. The van der Waals surface area contributed by atoms with E-state index in [1.54, 1.807) is 0 Å². The Balaban J connectivity index is 4.04. The van der Waals surface area contributed by atoms with Gasteiger partial charge in [-0.05, 0) is 44.9 Å². The maximum Gasteiger partial charge on any atom is 0.472 e. The van der Waals surface area contributed by atoms with Crippen LogP contribution >= 0.6 is 7.82 Å². The Morgan fingerprint density at radius 2 is 1.04 bits per heavy atom. The van der Waals surface area contributed by atoms with E-state index in [1.165, 1.54) is 122 Å². The molecule has 0 saturated carbocycles. The van der Waals surface area contributed by atoms with Crippen molar-refractivity contribution < 1.29 is 32.8 Å². The third-order valence-corrected chi connectivity index (χ3v) is 10.1. The molecule has 0 saturated heterocycles. The smallest absolute Gasteiger partial charge is 0.457 e. The monoisotopic (exact) mass is 744 g/mol. The minimum absolute atomic E-state index is 0.0964.